The molecule has 0 aliphatic carbocycles. The molecule has 2 aromatic rings. The number of rotatable bonds is 5. The van der Waals surface area contributed by atoms with Crippen molar-refractivity contribution in [2.75, 3.05) is 10.5 Å². The minimum atomic E-state index is -3.34. The summed E-state index contributed by atoms with van der Waals surface area (Å²) >= 11 is 6.03. The van der Waals surface area contributed by atoms with E-state index in [1.54, 1.807) is 42.3 Å². The Labute approximate surface area is 181 Å². The molecule has 4 rings (SSSR count). The molecule has 0 bridgehead atoms. The van der Waals surface area contributed by atoms with Crippen molar-refractivity contribution in [3.05, 3.63) is 70.8 Å². The first-order valence-corrected chi connectivity index (χ1v) is 11.7. The maximum Gasteiger partial charge on any atom is 0.264 e. The van der Waals surface area contributed by atoms with Crippen LogP contribution in [-0.2, 0) is 14.8 Å². The Morgan fingerprint density at radius 2 is 1.77 bits per heavy atom. The molecule has 1 fully saturated rings. The van der Waals surface area contributed by atoms with Crippen molar-refractivity contribution >= 4 is 38.9 Å². The highest BCUT2D eigenvalue weighted by atomic mass is 35.5. The minimum absolute atomic E-state index is 0.00471. The first kappa shape index (κ1) is 20.7. The summed E-state index contributed by atoms with van der Waals surface area (Å²) in [5.74, 6) is -0.0940. The predicted octanol–water partition coefficient (Wildman–Crippen LogP) is 2.89. The molecular formula is C21H23ClN4O3S. The van der Waals surface area contributed by atoms with Crippen LogP contribution < -0.4 is 15.5 Å². The highest BCUT2D eigenvalue weighted by molar-refractivity contribution is 7.92. The van der Waals surface area contributed by atoms with Crippen molar-refractivity contribution in [2.45, 2.75) is 32.0 Å². The summed E-state index contributed by atoms with van der Waals surface area (Å²) in [4.78, 5) is 12.8. The van der Waals surface area contributed by atoms with Gasteiger partial charge in [-0.3, -0.25) is 14.5 Å². The molecule has 9 heteroatoms. The van der Waals surface area contributed by atoms with Crippen LogP contribution in [0, 0.1) is 0 Å². The fourth-order valence-corrected chi connectivity index (χ4v) is 4.62. The number of benzene rings is 2. The van der Waals surface area contributed by atoms with Gasteiger partial charge in [0, 0.05) is 34.4 Å². The maximum absolute atomic E-state index is 12.8. The molecule has 3 atom stereocenters. The zero-order valence-corrected chi connectivity index (χ0v) is 18.2. The summed E-state index contributed by atoms with van der Waals surface area (Å²) in [7, 11) is -3.34. The minimum Gasteiger partial charge on any atom is -0.363 e. The van der Waals surface area contributed by atoms with Gasteiger partial charge in [0.05, 0.1) is 5.75 Å². The topological polar surface area (TPSA) is 90.5 Å². The van der Waals surface area contributed by atoms with Crippen LogP contribution in [0.1, 0.15) is 30.9 Å². The third kappa shape index (κ3) is 4.03. The van der Waals surface area contributed by atoms with Gasteiger partial charge in [0.2, 0.25) is 10.0 Å². The van der Waals surface area contributed by atoms with Gasteiger partial charge in [0.25, 0.3) is 5.91 Å². The number of hydrogen-bond donors (Lipinski definition) is 3. The number of fused-ring (bicyclic) bond motifs is 1. The normalized spacial score (nSPS) is 23.6. The third-order valence-electron chi connectivity index (χ3n) is 5.41. The summed E-state index contributed by atoms with van der Waals surface area (Å²) < 4.78 is 26.0. The average molecular weight is 447 g/mol. The van der Waals surface area contributed by atoms with Crippen molar-refractivity contribution in [3.63, 3.8) is 0 Å². The molecule has 30 heavy (non-hydrogen) atoms. The molecule has 0 aromatic heterocycles. The summed E-state index contributed by atoms with van der Waals surface area (Å²) in [6, 6.07) is 14.7. The van der Waals surface area contributed by atoms with Crippen molar-refractivity contribution in [1.82, 2.24) is 15.8 Å². The SMILES string of the molecule is CCS(=O)(=O)Nc1ccc(C2=CC(=O)N3NC(C)C(c4ccc(Cl)cc4)C3N2)cc1. The fraction of sp³-hybridized carbons (Fsp3) is 0.286. The van der Waals surface area contributed by atoms with Crippen LogP contribution in [-0.4, -0.2) is 37.3 Å². The number of halogens is 1. The number of carbonyl (C=O) groups is 1. The highest BCUT2D eigenvalue weighted by Gasteiger charge is 2.44. The van der Waals surface area contributed by atoms with Crippen molar-refractivity contribution < 1.29 is 13.2 Å². The van der Waals surface area contributed by atoms with E-state index in [1.807, 2.05) is 31.2 Å². The Balaban J connectivity index is 1.59. The van der Waals surface area contributed by atoms with Crippen LogP contribution >= 0.6 is 11.6 Å². The number of nitrogens with one attached hydrogen (secondary N) is 3. The Morgan fingerprint density at radius 1 is 1.10 bits per heavy atom. The van der Waals surface area contributed by atoms with Gasteiger partial charge in [-0.25, -0.2) is 13.8 Å². The van der Waals surface area contributed by atoms with Gasteiger partial charge in [0.15, 0.2) is 0 Å². The maximum atomic E-state index is 12.8. The lowest BCUT2D eigenvalue weighted by molar-refractivity contribution is -0.130. The van der Waals surface area contributed by atoms with E-state index in [1.165, 1.54) is 0 Å². The van der Waals surface area contributed by atoms with Crippen LogP contribution in [0.15, 0.2) is 54.6 Å². The molecule has 1 amide bonds. The van der Waals surface area contributed by atoms with E-state index in [0.717, 1.165) is 11.1 Å². The molecule has 158 valence electrons. The van der Waals surface area contributed by atoms with Crippen molar-refractivity contribution in [2.24, 2.45) is 0 Å². The molecule has 2 aliphatic rings. The van der Waals surface area contributed by atoms with E-state index < -0.39 is 10.0 Å². The smallest absolute Gasteiger partial charge is 0.264 e. The number of nitrogens with zero attached hydrogens (tertiary/aromatic N) is 1. The quantitative estimate of drug-likeness (QED) is 0.657. The van der Waals surface area contributed by atoms with Crippen LogP contribution in [0.4, 0.5) is 5.69 Å². The van der Waals surface area contributed by atoms with E-state index in [2.05, 4.69) is 15.5 Å². The number of carbonyl (C=O) groups excluding carboxylic acids is 1. The van der Waals surface area contributed by atoms with Crippen molar-refractivity contribution in [3.8, 4) is 0 Å². The lowest BCUT2D eigenvalue weighted by Crippen LogP contribution is -2.52. The Kier molecular flexibility index (Phi) is 5.48. The molecule has 3 N–H and O–H groups in total. The molecule has 7 nitrogen and oxygen atoms in total. The third-order valence-corrected chi connectivity index (χ3v) is 6.97. The second-order valence-corrected chi connectivity index (χ2v) is 9.88. The summed E-state index contributed by atoms with van der Waals surface area (Å²) in [6.07, 6.45) is 1.29. The van der Waals surface area contributed by atoms with Crippen molar-refractivity contribution in [1.29, 1.82) is 0 Å². The molecule has 3 unspecified atom stereocenters. The molecular weight excluding hydrogens is 424 g/mol. The Hall–Kier alpha value is -2.55. The fourth-order valence-electron chi connectivity index (χ4n) is 3.86. The van der Waals surface area contributed by atoms with Crippen LogP contribution in [0.25, 0.3) is 5.70 Å². The summed E-state index contributed by atoms with van der Waals surface area (Å²) in [6.45, 7) is 3.62. The zero-order valence-electron chi connectivity index (χ0n) is 16.6. The van der Waals surface area contributed by atoms with E-state index in [0.29, 0.717) is 16.4 Å². The number of hydrazine groups is 1. The van der Waals surface area contributed by atoms with Gasteiger partial charge >= 0.3 is 0 Å². The molecule has 2 aliphatic heterocycles. The monoisotopic (exact) mass is 446 g/mol. The molecule has 0 saturated carbocycles. The molecule has 0 spiro atoms. The van der Waals surface area contributed by atoms with E-state index in [-0.39, 0.29) is 29.8 Å². The number of amides is 1. The lowest BCUT2D eigenvalue weighted by atomic mass is 9.90. The predicted molar refractivity (Wildman–Crippen MR) is 118 cm³/mol. The number of sulfonamides is 1. The van der Waals surface area contributed by atoms with Gasteiger partial charge in [-0.05, 0) is 49.2 Å². The first-order valence-electron chi connectivity index (χ1n) is 9.71. The summed E-state index contributed by atoms with van der Waals surface area (Å²) in [5.41, 5.74) is 6.31. The summed E-state index contributed by atoms with van der Waals surface area (Å²) in [5, 5.41) is 5.76. The average Bonchev–Trinajstić information content (AvgIpc) is 3.05. The van der Waals surface area contributed by atoms with E-state index >= 15 is 0 Å². The molecule has 1 saturated heterocycles. The number of hydrogen-bond acceptors (Lipinski definition) is 5. The number of anilines is 1. The standard InChI is InChI=1S/C21H23ClN4O3S/c1-3-30(28,29)25-17-10-6-14(7-11-17)18-12-19(27)26-21(23-18)20(13(2)24-26)15-4-8-16(22)9-5-15/h4-13,20-21,23-25H,3H2,1-2H3. The van der Waals surface area contributed by atoms with Gasteiger partial charge in [-0.2, -0.15) is 0 Å². The largest absolute Gasteiger partial charge is 0.363 e. The van der Waals surface area contributed by atoms with Crippen LogP contribution in [0.3, 0.4) is 0 Å². The lowest BCUT2D eigenvalue weighted by Gasteiger charge is -2.33. The van der Waals surface area contributed by atoms with Gasteiger partial charge in [0.1, 0.15) is 6.17 Å². The highest BCUT2D eigenvalue weighted by Crippen LogP contribution is 2.35. The van der Waals surface area contributed by atoms with Gasteiger partial charge < -0.3 is 5.32 Å². The zero-order chi connectivity index (χ0) is 21.5. The molecule has 2 aromatic carbocycles. The van der Waals surface area contributed by atoms with E-state index in [9.17, 15) is 13.2 Å². The molecule has 0 radical (unpaired) electrons. The Morgan fingerprint density at radius 3 is 2.40 bits per heavy atom. The second-order valence-electron chi connectivity index (χ2n) is 7.43. The second kappa shape index (κ2) is 7.94. The Bertz CT molecular complexity index is 1080. The molecule has 2 heterocycles. The van der Waals surface area contributed by atoms with E-state index in [4.69, 9.17) is 11.6 Å². The van der Waals surface area contributed by atoms with Crippen LogP contribution in [0.5, 0.6) is 0 Å². The van der Waals surface area contributed by atoms with Gasteiger partial charge in [-0.1, -0.05) is 35.9 Å². The van der Waals surface area contributed by atoms with Gasteiger partial charge in [-0.15, -0.1) is 0 Å². The van der Waals surface area contributed by atoms with Crippen LogP contribution in [0.2, 0.25) is 5.02 Å². The first-order chi connectivity index (χ1) is 14.3.